The molecule has 1 fully saturated rings. The van der Waals surface area contributed by atoms with Gasteiger partial charge in [0.15, 0.2) is 0 Å². The van der Waals surface area contributed by atoms with E-state index in [9.17, 15) is 15.0 Å². The molecule has 1 atom stereocenters. The number of carboxylic acid groups (broad SMARTS) is 1. The number of halogens is 1. The van der Waals surface area contributed by atoms with Gasteiger partial charge in [-0.05, 0) is 44.0 Å². The van der Waals surface area contributed by atoms with Gasteiger partial charge >= 0.3 is 5.97 Å². The highest BCUT2D eigenvalue weighted by Gasteiger charge is 2.41. The molecule has 1 heterocycles. The van der Waals surface area contributed by atoms with Gasteiger partial charge in [-0.1, -0.05) is 29.3 Å². The van der Waals surface area contributed by atoms with Crippen molar-refractivity contribution in [2.24, 2.45) is 5.41 Å². The molecular formula is C16H22BrNO3. The van der Waals surface area contributed by atoms with Gasteiger partial charge in [0.25, 0.3) is 0 Å². The number of benzene rings is 1. The minimum Gasteiger partial charge on any atom is -0.508 e. The summed E-state index contributed by atoms with van der Waals surface area (Å²) in [5.41, 5.74) is 0.205. The first kappa shape index (κ1) is 16.3. The van der Waals surface area contributed by atoms with E-state index in [-0.39, 0.29) is 5.75 Å². The van der Waals surface area contributed by atoms with E-state index >= 15 is 0 Å². The Morgan fingerprint density at radius 1 is 1.48 bits per heavy atom. The number of piperidine rings is 1. The summed E-state index contributed by atoms with van der Waals surface area (Å²) in [6, 6.07) is 5.36. The summed E-state index contributed by atoms with van der Waals surface area (Å²) >= 11 is 3.41. The standard InChI is InChI=1S/C16H22BrNO3/c1-2-6-16(15(20)21)7-3-8-18(11-16)10-12-9-13(17)4-5-14(12)19/h4-5,9,19H,2-3,6-8,10-11H2,1H3,(H,20,21). The maximum absolute atomic E-state index is 11.7. The van der Waals surface area contributed by atoms with Crippen molar-refractivity contribution >= 4 is 21.9 Å². The minimum absolute atomic E-state index is 0.264. The van der Waals surface area contributed by atoms with Gasteiger partial charge < -0.3 is 10.2 Å². The summed E-state index contributed by atoms with van der Waals surface area (Å²) < 4.78 is 0.922. The number of rotatable bonds is 5. The summed E-state index contributed by atoms with van der Waals surface area (Å²) in [7, 11) is 0. The lowest BCUT2D eigenvalue weighted by Crippen LogP contribution is -2.47. The first-order valence-corrected chi connectivity index (χ1v) is 8.19. The average molecular weight is 356 g/mol. The molecule has 0 bridgehead atoms. The highest BCUT2D eigenvalue weighted by atomic mass is 79.9. The SMILES string of the molecule is CCCC1(C(=O)O)CCCN(Cc2cc(Br)ccc2O)C1. The van der Waals surface area contributed by atoms with Crippen LogP contribution in [0.3, 0.4) is 0 Å². The van der Waals surface area contributed by atoms with Crippen LogP contribution in [0.5, 0.6) is 5.75 Å². The number of phenols is 1. The Bertz CT molecular complexity index is 516. The lowest BCUT2D eigenvalue weighted by Gasteiger charge is -2.40. The van der Waals surface area contributed by atoms with Crippen LogP contribution in [0.2, 0.25) is 0 Å². The maximum Gasteiger partial charge on any atom is 0.310 e. The topological polar surface area (TPSA) is 60.8 Å². The number of carboxylic acids is 1. The zero-order valence-electron chi connectivity index (χ0n) is 12.3. The van der Waals surface area contributed by atoms with Gasteiger partial charge in [-0.3, -0.25) is 9.69 Å². The van der Waals surface area contributed by atoms with Gasteiger partial charge in [0.2, 0.25) is 0 Å². The van der Waals surface area contributed by atoms with Gasteiger partial charge in [-0.25, -0.2) is 0 Å². The van der Waals surface area contributed by atoms with Crippen molar-refractivity contribution in [3.05, 3.63) is 28.2 Å². The molecule has 0 radical (unpaired) electrons. The quantitative estimate of drug-likeness (QED) is 0.846. The van der Waals surface area contributed by atoms with E-state index in [2.05, 4.69) is 20.8 Å². The smallest absolute Gasteiger partial charge is 0.310 e. The Balaban J connectivity index is 2.13. The van der Waals surface area contributed by atoms with Crippen LogP contribution < -0.4 is 0 Å². The molecule has 2 rings (SSSR count). The number of phenolic OH excluding ortho intramolecular Hbond substituents is 1. The van der Waals surface area contributed by atoms with Crippen LogP contribution in [-0.4, -0.2) is 34.2 Å². The molecule has 1 aliphatic rings. The second-order valence-corrected chi connectivity index (χ2v) is 6.84. The largest absolute Gasteiger partial charge is 0.508 e. The van der Waals surface area contributed by atoms with Gasteiger partial charge in [0.05, 0.1) is 5.41 Å². The molecule has 0 spiro atoms. The molecule has 1 saturated heterocycles. The first-order valence-electron chi connectivity index (χ1n) is 7.40. The number of likely N-dealkylation sites (tertiary alicyclic amines) is 1. The normalized spacial score (nSPS) is 23.1. The molecule has 1 aromatic carbocycles. The number of aromatic hydroxyl groups is 1. The van der Waals surface area contributed by atoms with E-state index in [0.29, 0.717) is 19.5 Å². The van der Waals surface area contributed by atoms with Crippen LogP contribution in [0.25, 0.3) is 0 Å². The number of nitrogens with zero attached hydrogens (tertiary/aromatic N) is 1. The fourth-order valence-electron chi connectivity index (χ4n) is 3.25. The van der Waals surface area contributed by atoms with Crippen molar-refractivity contribution in [3.63, 3.8) is 0 Å². The van der Waals surface area contributed by atoms with Crippen molar-refractivity contribution in [2.45, 2.75) is 39.2 Å². The minimum atomic E-state index is -0.687. The fraction of sp³-hybridized carbons (Fsp3) is 0.562. The number of hydrogen-bond donors (Lipinski definition) is 2. The van der Waals surface area contributed by atoms with Crippen LogP contribution in [0.1, 0.15) is 38.2 Å². The number of hydrogen-bond acceptors (Lipinski definition) is 3. The molecule has 1 aromatic rings. The van der Waals surface area contributed by atoms with E-state index in [1.54, 1.807) is 12.1 Å². The number of aliphatic carboxylic acids is 1. The molecule has 5 heteroatoms. The Hall–Kier alpha value is -1.07. The van der Waals surface area contributed by atoms with Crippen molar-refractivity contribution in [3.8, 4) is 5.75 Å². The van der Waals surface area contributed by atoms with Crippen molar-refractivity contribution in [1.82, 2.24) is 4.90 Å². The van der Waals surface area contributed by atoms with Crippen molar-refractivity contribution in [1.29, 1.82) is 0 Å². The second-order valence-electron chi connectivity index (χ2n) is 5.92. The summed E-state index contributed by atoms with van der Waals surface area (Å²) in [5, 5.41) is 19.6. The summed E-state index contributed by atoms with van der Waals surface area (Å²) in [5.74, 6) is -0.423. The Kier molecular flexibility index (Phi) is 5.27. The molecule has 0 aliphatic carbocycles. The monoisotopic (exact) mass is 355 g/mol. The van der Waals surface area contributed by atoms with Gasteiger partial charge in [0, 0.05) is 23.1 Å². The third-order valence-electron chi connectivity index (χ3n) is 4.27. The lowest BCUT2D eigenvalue weighted by molar-refractivity contribution is -0.153. The predicted octanol–water partition coefficient (Wildman–Crippen LogP) is 3.62. The van der Waals surface area contributed by atoms with Crippen LogP contribution >= 0.6 is 15.9 Å². The Morgan fingerprint density at radius 3 is 2.90 bits per heavy atom. The molecule has 1 unspecified atom stereocenters. The predicted molar refractivity (Wildman–Crippen MR) is 85.3 cm³/mol. The van der Waals surface area contributed by atoms with Crippen LogP contribution in [-0.2, 0) is 11.3 Å². The third kappa shape index (κ3) is 3.77. The van der Waals surface area contributed by atoms with Gasteiger partial charge in [-0.15, -0.1) is 0 Å². The van der Waals surface area contributed by atoms with Crippen LogP contribution in [0, 0.1) is 5.41 Å². The highest BCUT2D eigenvalue weighted by molar-refractivity contribution is 9.10. The first-order chi connectivity index (χ1) is 9.97. The lowest BCUT2D eigenvalue weighted by atomic mass is 9.76. The average Bonchev–Trinajstić information content (AvgIpc) is 2.43. The summed E-state index contributed by atoms with van der Waals surface area (Å²) in [6.45, 7) is 4.06. The molecule has 0 aromatic heterocycles. The maximum atomic E-state index is 11.7. The van der Waals surface area contributed by atoms with Crippen LogP contribution in [0.15, 0.2) is 22.7 Å². The molecule has 4 nitrogen and oxygen atoms in total. The summed E-state index contributed by atoms with van der Waals surface area (Å²) in [6.07, 6.45) is 3.23. The third-order valence-corrected chi connectivity index (χ3v) is 4.77. The second kappa shape index (κ2) is 6.79. The van der Waals surface area contributed by atoms with E-state index < -0.39 is 11.4 Å². The Labute approximate surface area is 133 Å². The molecule has 21 heavy (non-hydrogen) atoms. The van der Waals surface area contributed by atoms with Crippen LogP contribution in [0.4, 0.5) is 0 Å². The Morgan fingerprint density at radius 2 is 2.24 bits per heavy atom. The molecule has 1 aliphatic heterocycles. The van der Waals surface area contributed by atoms with Gasteiger partial charge in [0.1, 0.15) is 5.75 Å². The number of carbonyl (C=O) groups is 1. The summed E-state index contributed by atoms with van der Waals surface area (Å²) in [4.78, 5) is 13.8. The highest BCUT2D eigenvalue weighted by Crippen LogP contribution is 2.36. The van der Waals surface area contributed by atoms with Crippen molar-refractivity contribution < 1.29 is 15.0 Å². The molecule has 116 valence electrons. The zero-order chi connectivity index (χ0) is 15.5. The molecule has 0 amide bonds. The van der Waals surface area contributed by atoms with Gasteiger partial charge in [-0.2, -0.15) is 0 Å². The van der Waals surface area contributed by atoms with E-state index in [1.165, 1.54) is 0 Å². The molecule has 2 N–H and O–H groups in total. The van der Waals surface area contributed by atoms with E-state index in [1.807, 2.05) is 13.0 Å². The fourth-order valence-corrected chi connectivity index (χ4v) is 3.66. The molecular weight excluding hydrogens is 334 g/mol. The van der Waals surface area contributed by atoms with E-state index in [0.717, 1.165) is 35.8 Å². The van der Waals surface area contributed by atoms with E-state index in [4.69, 9.17) is 0 Å². The molecule has 0 saturated carbocycles. The van der Waals surface area contributed by atoms with Crippen molar-refractivity contribution in [2.75, 3.05) is 13.1 Å². The zero-order valence-corrected chi connectivity index (χ0v) is 13.9.